The summed E-state index contributed by atoms with van der Waals surface area (Å²) in [5, 5.41) is 0.311. The fourth-order valence-corrected chi connectivity index (χ4v) is 4.06. The van der Waals surface area contributed by atoms with Gasteiger partial charge in [-0.05, 0) is 31.1 Å². The van der Waals surface area contributed by atoms with Crippen molar-refractivity contribution in [3.8, 4) is 0 Å². The van der Waals surface area contributed by atoms with Crippen LogP contribution in [0.1, 0.15) is 25.7 Å². The molecule has 0 aliphatic heterocycles. The van der Waals surface area contributed by atoms with Gasteiger partial charge >= 0.3 is 7.82 Å². The normalized spacial score (nSPS) is 38.5. The van der Waals surface area contributed by atoms with Crippen molar-refractivity contribution >= 4 is 19.9 Å². The van der Waals surface area contributed by atoms with Crippen LogP contribution in [0.4, 0.5) is 0 Å². The average molecular weight is 224 g/mol. The van der Waals surface area contributed by atoms with E-state index in [0.717, 1.165) is 24.4 Å². The minimum atomic E-state index is -4.28. The first-order chi connectivity index (χ1) is 6.04. The maximum Gasteiger partial charge on any atom is 0.480 e. The summed E-state index contributed by atoms with van der Waals surface area (Å²) in [6.45, 7) is 0. The monoisotopic (exact) mass is 224 g/mol. The average Bonchev–Trinajstić information content (AvgIpc) is 2.58. The molecule has 76 valence electrons. The zero-order chi connectivity index (χ0) is 9.47. The second-order valence-electron chi connectivity index (χ2n) is 3.87. The molecule has 0 aromatic heterocycles. The molecule has 4 nitrogen and oxygen atoms in total. The van der Waals surface area contributed by atoms with Crippen LogP contribution in [0.25, 0.3) is 0 Å². The van der Waals surface area contributed by atoms with Gasteiger partial charge in [0.25, 0.3) is 0 Å². The highest BCUT2D eigenvalue weighted by Crippen LogP contribution is 2.53. The van der Waals surface area contributed by atoms with E-state index in [0.29, 0.717) is 11.2 Å². The number of hydrogen-bond acceptors (Lipinski definition) is 3. The van der Waals surface area contributed by atoms with E-state index < -0.39 is 7.82 Å². The lowest BCUT2D eigenvalue weighted by atomic mass is 10.0. The van der Waals surface area contributed by atoms with Crippen molar-refractivity contribution < 1.29 is 18.3 Å². The third-order valence-corrected chi connectivity index (χ3v) is 4.88. The van der Waals surface area contributed by atoms with Gasteiger partial charge in [0.1, 0.15) is 0 Å². The molecule has 0 aromatic rings. The van der Waals surface area contributed by atoms with Crippen molar-refractivity contribution in [1.82, 2.24) is 0 Å². The van der Waals surface area contributed by atoms with Crippen molar-refractivity contribution in [2.75, 3.05) is 0 Å². The van der Waals surface area contributed by atoms with Gasteiger partial charge in [-0.1, -0.05) is 6.42 Å². The summed E-state index contributed by atoms with van der Waals surface area (Å²) in [6.07, 6.45) is 4.78. The van der Waals surface area contributed by atoms with Gasteiger partial charge in [-0.15, -0.1) is 0 Å². The number of rotatable bonds is 3. The highest BCUT2D eigenvalue weighted by atomic mass is 32.2. The largest absolute Gasteiger partial charge is 0.480 e. The molecule has 6 heteroatoms. The van der Waals surface area contributed by atoms with Gasteiger partial charge in [0, 0.05) is 17.3 Å². The molecule has 2 saturated carbocycles. The van der Waals surface area contributed by atoms with Crippen LogP contribution >= 0.6 is 19.9 Å². The Morgan fingerprint density at radius 3 is 2.54 bits per heavy atom. The maximum atomic E-state index is 10.4. The standard InChI is InChI=1S/C7H13O4PS/c8-12(9,10)11-13-7-4-5-1-2-6(7)3-5/h5-7H,1-4H2,(H2,8,9,10). The molecular formula is C7H13O4PS. The van der Waals surface area contributed by atoms with E-state index >= 15 is 0 Å². The molecule has 3 unspecified atom stereocenters. The van der Waals surface area contributed by atoms with E-state index in [1.165, 1.54) is 19.3 Å². The highest BCUT2D eigenvalue weighted by molar-refractivity contribution is 7.98. The molecule has 2 bridgehead atoms. The number of hydrogen-bond donors (Lipinski definition) is 2. The minimum absolute atomic E-state index is 0.311. The predicted molar refractivity (Wildman–Crippen MR) is 50.0 cm³/mol. The Bertz CT molecular complexity index is 241. The lowest BCUT2D eigenvalue weighted by Gasteiger charge is -2.19. The van der Waals surface area contributed by atoms with Crippen molar-refractivity contribution in [2.24, 2.45) is 11.8 Å². The fourth-order valence-electron chi connectivity index (χ4n) is 2.42. The zero-order valence-corrected chi connectivity index (χ0v) is 8.84. The molecule has 2 fully saturated rings. The molecule has 2 rings (SSSR count). The Balaban J connectivity index is 1.81. The van der Waals surface area contributed by atoms with Crippen LogP contribution in [-0.2, 0) is 8.54 Å². The Labute approximate surface area is 81.5 Å². The molecule has 0 aromatic carbocycles. The van der Waals surface area contributed by atoms with E-state index in [9.17, 15) is 4.57 Å². The third-order valence-electron chi connectivity index (χ3n) is 2.94. The Morgan fingerprint density at radius 2 is 2.08 bits per heavy atom. The predicted octanol–water partition coefficient (Wildman–Crippen LogP) is 1.93. The summed E-state index contributed by atoms with van der Waals surface area (Å²) in [7, 11) is -4.28. The number of fused-ring (bicyclic) bond motifs is 2. The van der Waals surface area contributed by atoms with Gasteiger partial charge in [0.2, 0.25) is 0 Å². The van der Waals surface area contributed by atoms with Crippen LogP contribution in [0, 0.1) is 11.8 Å². The Hall–Kier alpha value is 0.460. The fraction of sp³-hybridized carbons (Fsp3) is 1.00. The quantitative estimate of drug-likeness (QED) is 0.566. The Morgan fingerprint density at radius 1 is 1.31 bits per heavy atom. The van der Waals surface area contributed by atoms with Gasteiger partial charge in [-0.3, -0.25) is 0 Å². The van der Waals surface area contributed by atoms with E-state index in [1.807, 2.05) is 0 Å². The van der Waals surface area contributed by atoms with Gasteiger partial charge in [-0.2, -0.15) is 0 Å². The lowest BCUT2D eigenvalue weighted by molar-refractivity contribution is 0.296. The van der Waals surface area contributed by atoms with Gasteiger partial charge < -0.3 is 9.79 Å². The zero-order valence-electron chi connectivity index (χ0n) is 7.13. The first kappa shape index (κ1) is 9.99. The third kappa shape index (κ3) is 2.48. The van der Waals surface area contributed by atoms with Crippen LogP contribution in [0.5, 0.6) is 0 Å². The molecule has 2 N–H and O–H groups in total. The Kier molecular flexibility index (Phi) is 2.73. The molecule has 0 radical (unpaired) electrons. The summed E-state index contributed by atoms with van der Waals surface area (Å²) in [6, 6.07) is 0. The van der Waals surface area contributed by atoms with Crippen molar-refractivity contribution in [1.29, 1.82) is 0 Å². The molecule has 2 aliphatic carbocycles. The first-order valence-corrected chi connectivity index (χ1v) is 6.79. The SMILES string of the molecule is O=P(O)(O)OSC1CC2CCC1C2. The molecule has 0 amide bonds. The molecule has 0 spiro atoms. The van der Waals surface area contributed by atoms with Crippen LogP contribution in [0.2, 0.25) is 0 Å². The summed E-state index contributed by atoms with van der Waals surface area (Å²) >= 11 is 0.991. The summed E-state index contributed by atoms with van der Waals surface area (Å²) in [4.78, 5) is 17.0. The van der Waals surface area contributed by atoms with Crippen LogP contribution in [-0.4, -0.2) is 15.0 Å². The molecular weight excluding hydrogens is 211 g/mol. The first-order valence-electron chi connectivity index (χ1n) is 4.45. The minimum Gasteiger partial charge on any atom is -0.302 e. The second-order valence-corrected chi connectivity index (χ2v) is 6.25. The van der Waals surface area contributed by atoms with E-state index in [2.05, 4.69) is 3.97 Å². The molecule has 2 aliphatic rings. The van der Waals surface area contributed by atoms with E-state index in [1.54, 1.807) is 0 Å². The van der Waals surface area contributed by atoms with Crippen LogP contribution in [0.15, 0.2) is 0 Å². The van der Waals surface area contributed by atoms with E-state index in [4.69, 9.17) is 9.79 Å². The van der Waals surface area contributed by atoms with Crippen molar-refractivity contribution in [2.45, 2.75) is 30.9 Å². The highest BCUT2D eigenvalue weighted by Gasteiger charge is 2.41. The van der Waals surface area contributed by atoms with Gasteiger partial charge in [0.05, 0.1) is 0 Å². The molecule has 0 heterocycles. The molecule has 3 atom stereocenters. The van der Waals surface area contributed by atoms with Crippen molar-refractivity contribution in [3.05, 3.63) is 0 Å². The van der Waals surface area contributed by atoms with Crippen molar-refractivity contribution in [3.63, 3.8) is 0 Å². The maximum absolute atomic E-state index is 10.4. The smallest absolute Gasteiger partial charge is 0.302 e. The summed E-state index contributed by atoms with van der Waals surface area (Å²) < 4.78 is 14.9. The van der Waals surface area contributed by atoms with Gasteiger partial charge in [-0.25, -0.2) is 8.54 Å². The lowest BCUT2D eigenvalue weighted by Crippen LogP contribution is -2.12. The molecule has 0 saturated heterocycles. The number of phosphoric acid groups is 1. The second kappa shape index (κ2) is 3.55. The summed E-state index contributed by atoms with van der Waals surface area (Å²) in [5.74, 6) is 1.41. The topological polar surface area (TPSA) is 66.8 Å². The summed E-state index contributed by atoms with van der Waals surface area (Å²) in [5.41, 5.74) is 0. The van der Waals surface area contributed by atoms with Crippen LogP contribution < -0.4 is 0 Å². The van der Waals surface area contributed by atoms with Gasteiger partial charge in [0.15, 0.2) is 0 Å². The van der Waals surface area contributed by atoms with E-state index in [-0.39, 0.29) is 0 Å². The van der Waals surface area contributed by atoms with Crippen LogP contribution in [0.3, 0.4) is 0 Å². The molecule has 13 heavy (non-hydrogen) atoms.